The van der Waals surface area contributed by atoms with Gasteiger partial charge in [-0.05, 0) is 12.1 Å². The number of nitro groups is 2. The van der Waals surface area contributed by atoms with Gasteiger partial charge < -0.3 is 4.90 Å². The summed E-state index contributed by atoms with van der Waals surface area (Å²) in [6.45, 7) is 0. The van der Waals surface area contributed by atoms with Crippen molar-refractivity contribution in [3.8, 4) is 0 Å². The van der Waals surface area contributed by atoms with Crippen molar-refractivity contribution >= 4 is 22.7 Å². The van der Waals surface area contributed by atoms with E-state index in [2.05, 4.69) is 0 Å². The van der Waals surface area contributed by atoms with Gasteiger partial charge in [0.1, 0.15) is 5.69 Å². The largest absolute Gasteiger partial charge is 0.418 e. The fourth-order valence-corrected chi connectivity index (χ4v) is 2.24. The first-order chi connectivity index (χ1) is 11.9. The highest BCUT2D eigenvalue weighted by Gasteiger charge is 2.41. The quantitative estimate of drug-likeness (QED) is 0.442. The van der Waals surface area contributed by atoms with Gasteiger partial charge >= 0.3 is 6.18 Å². The number of non-ortho nitro benzene ring substituents is 1. The van der Waals surface area contributed by atoms with E-state index in [1.165, 1.54) is 0 Å². The van der Waals surface area contributed by atoms with Crippen LogP contribution in [0.25, 0.3) is 0 Å². The van der Waals surface area contributed by atoms with Crippen LogP contribution in [0.15, 0.2) is 30.3 Å². The molecule has 0 atom stereocenters. The number of alkyl halides is 3. The normalized spacial score (nSPS) is 11.3. The highest BCUT2D eigenvalue weighted by atomic mass is 19.4. The maximum atomic E-state index is 13.4. The Hall–Kier alpha value is -3.31. The Labute approximate surface area is 141 Å². The van der Waals surface area contributed by atoms with Crippen molar-refractivity contribution in [2.45, 2.75) is 6.18 Å². The van der Waals surface area contributed by atoms with Gasteiger partial charge in [0.15, 0.2) is 11.6 Å². The Kier molecular flexibility index (Phi) is 4.78. The lowest BCUT2D eigenvalue weighted by molar-refractivity contribution is -0.394. The summed E-state index contributed by atoms with van der Waals surface area (Å²) < 4.78 is 66.4. The molecule has 2 rings (SSSR count). The first-order valence-corrected chi connectivity index (χ1v) is 6.66. The molecule has 0 aliphatic heterocycles. The molecular formula is C14H8F5N3O4. The molecule has 0 N–H and O–H groups in total. The second kappa shape index (κ2) is 6.54. The lowest BCUT2D eigenvalue weighted by Gasteiger charge is -2.23. The van der Waals surface area contributed by atoms with Crippen molar-refractivity contribution in [2.24, 2.45) is 0 Å². The van der Waals surface area contributed by atoms with Gasteiger partial charge in [0.05, 0.1) is 21.5 Å². The second-order valence-corrected chi connectivity index (χ2v) is 5.03. The number of nitro benzene ring substituents is 2. The highest BCUT2D eigenvalue weighted by Crippen LogP contribution is 2.46. The van der Waals surface area contributed by atoms with Crippen LogP contribution < -0.4 is 4.90 Å². The Morgan fingerprint density at radius 1 is 0.962 bits per heavy atom. The second-order valence-electron chi connectivity index (χ2n) is 5.03. The molecule has 0 aliphatic carbocycles. The molecule has 12 heteroatoms. The Morgan fingerprint density at radius 3 is 2.04 bits per heavy atom. The van der Waals surface area contributed by atoms with Crippen molar-refractivity contribution in [3.05, 3.63) is 67.8 Å². The molecule has 7 nitrogen and oxygen atoms in total. The number of rotatable bonds is 4. The Balaban J connectivity index is 2.81. The summed E-state index contributed by atoms with van der Waals surface area (Å²) >= 11 is 0. The summed E-state index contributed by atoms with van der Waals surface area (Å²) in [4.78, 5) is 20.2. The van der Waals surface area contributed by atoms with Gasteiger partial charge in [-0.15, -0.1) is 0 Å². The molecular weight excluding hydrogens is 369 g/mol. The molecule has 0 aliphatic rings. The zero-order valence-corrected chi connectivity index (χ0v) is 12.8. The number of halogens is 5. The summed E-state index contributed by atoms with van der Waals surface area (Å²) in [6, 6.07) is 2.58. The van der Waals surface area contributed by atoms with Crippen molar-refractivity contribution in [2.75, 3.05) is 11.9 Å². The maximum absolute atomic E-state index is 13.4. The highest BCUT2D eigenvalue weighted by molar-refractivity contribution is 5.78. The molecule has 0 spiro atoms. The first-order valence-electron chi connectivity index (χ1n) is 6.66. The fraction of sp³-hybridized carbons (Fsp3) is 0.143. The van der Waals surface area contributed by atoms with Gasteiger partial charge in [-0.25, -0.2) is 8.78 Å². The van der Waals surface area contributed by atoms with Crippen LogP contribution in [0, 0.1) is 31.9 Å². The minimum absolute atomic E-state index is 0.138. The predicted molar refractivity (Wildman–Crippen MR) is 79.2 cm³/mol. The van der Waals surface area contributed by atoms with Crippen molar-refractivity contribution in [1.29, 1.82) is 0 Å². The topological polar surface area (TPSA) is 89.5 Å². The van der Waals surface area contributed by atoms with Crippen LogP contribution in [0.3, 0.4) is 0 Å². The van der Waals surface area contributed by atoms with Crippen LogP contribution in [0.5, 0.6) is 0 Å². The molecule has 0 fully saturated rings. The van der Waals surface area contributed by atoms with Crippen molar-refractivity contribution < 1.29 is 31.8 Å². The molecule has 2 aromatic rings. The number of hydrogen-bond donors (Lipinski definition) is 0. The van der Waals surface area contributed by atoms with E-state index < -0.39 is 50.3 Å². The maximum Gasteiger partial charge on any atom is 0.418 e. The third-order valence-electron chi connectivity index (χ3n) is 3.41. The zero-order valence-electron chi connectivity index (χ0n) is 12.8. The van der Waals surface area contributed by atoms with Crippen LogP contribution in [0.4, 0.5) is 44.7 Å². The van der Waals surface area contributed by atoms with Gasteiger partial charge in [0, 0.05) is 24.9 Å². The SMILES string of the molecule is CN(c1ccc(F)c(F)c1)c1c([N+](=O)[O-])cc([N+](=O)[O-])cc1C(F)(F)F. The smallest absolute Gasteiger partial charge is 0.338 e. The number of benzene rings is 2. The predicted octanol–water partition coefficient (Wildman–Crippen LogP) is 4.57. The molecule has 0 amide bonds. The van der Waals surface area contributed by atoms with Crippen molar-refractivity contribution in [1.82, 2.24) is 0 Å². The molecule has 0 saturated carbocycles. The van der Waals surface area contributed by atoms with E-state index in [-0.39, 0.29) is 11.8 Å². The summed E-state index contributed by atoms with van der Waals surface area (Å²) in [5, 5.41) is 22.0. The molecule has 2 aromatic carbocycles. The van der Waals surface area contributed by atoms with Crippen LogP contribution >= 0.6 is 0 Å². The van der Waals surface area contributed by atoms with Crippen LogP contribution in [-0.2, 0) is 6.18 Å². The van der Waals surface area contributed by atoms with E-state index in [1.807, 2.05) is 0 Å². The lowest BCUT2D eigenvalue weighted by Crippen LogP contribution is -2.19. The minimum Gasteiger partial charge on any atom is -0.338 e. The average Bonchev–Trinajstić information content (AvgIpc) is 2.54. The van der Waals surface area contributed by atoms with Crippen LogP contribution in [0.2, 0.25) is 0 Å². The molecule has 0 bridgehead atoms. The Bertz CT molecular complexity index is 901. The first kappa shape index (κ1) is 19.0. The van der Waals surface area contributed by atoms with E-state index in [0.717, 1.165) is 13.1 Å². The lowest BCUT2D eigenvalue weighted by atomic mass is 10.1. The van der Waals surface area contributed by atoms with E-state index in [4.69, 9.17) is 0 Å². The van der Waals surface area contributed by atoms with E-state index in [0.29, 0.717) is 23.1 Å². The van der Waals surface area contributed by atoms with Gasteiger partial charge in [-0.2, -0.15) is 13.2 Å². The van der Waals surface area contributed by atoms with Crippen LogP contribution in [-0.4, -0.2) is 16.9 Å². The van der Waals surface area contributed by atoms with E-state index >= 15 is 0 Å². The van der Waals surface area contributed by atoms with Gasteiger partial charge in [-0.1, -0.05) is 0 Å². The molecule has 138 valence electrons. The zero-order chi connectivity index (χ0) is 19.8. The molecule has 0 saturated heterocycles. The molecule has 0 unspecified atom stereocenters. The summed E-state index contributed by atoms with van der Waals surface area (Å²) in [7, 11) is 0.954. The number of nitrogens with zero attached hydrogens (tertiary/aromatic N) is 3. The third kappa shape index (κ3) is 3.53. The average molecular weight is 377 g/mol. The summed E-state index contributed by atoms with van der Waals surface area (Å²) in [5.41, 5.74) is -5.37. The monoisotopic (exact) mass is 377 g/mol. The number of anilines is 2. The molecule has 0 radical (unpaired) electrons. The fourth-order valence-electron chi connectivity index (χ4n) is 2.24. The van der Waals surface area contributed by atoms with E-state index in [9.17, 15) is 42.2 Å². The minimum atomic E-state index is -5.18. The molecule has 0 heterocycles. The Morgan fingerprint density at radius 2 is 1.58 bits per heavy atom. The summed E-state index contributed by atoms with van der Waals surface area (Å²) in [6.07, 6.45) is -5.18. The summed E-state index contributed by atoms with van der Waals surface area (Å²) in [5.74, 6) is -2.65. The van der Waals surface area contributed by atoms with Gasteiger partial charge in [-0.3, -0.25) is 20.2 Å². The van der Waals surface area contributed by atoms with E-state index in [1.54, 1.807) is 0 Å². The van der Waals surface area contributed by atoms with Gasteiger partial charge in [0.25, 0.3) is 11.4 Å². The standard InChI is InChI=1S/C14H8F5N3O4/c1-20(7-2-3-10(15)11(16)5-7)13-9(14(17,18)19)4-8(21(23)24)6-12(13)22(25)26/h2-6H,1H3. The third-order valence-corrected chi connectivity index (χ3v) is 3.41. The van der Waals surface area contributed by atoms with Gasteiger partial charge in [0.2, 0.25) is 0 Å². The van der Waals surface area contributed by atoms with Crippen LogP contribution in [0.1, 0.15) is 5.56 Å². The molecule has 0 aromatic heterocycles. The molecule has 26 heavy (non-hydrogen) atoms. The van der Waals surface area contributed by atoms with Crippen molar-refractivity contribution in [3.63, 3.8) is 0 Å². The number of hydrogen-bond acceptors (Lipinski definition) is 5.